The predicted molar refractivity (Wildman–Crippen MR) is 40.2 cm³/mol. The number of carbonyl (C=O) groups excluding carboxylic acids is 1. The molecule has 1 amide bonds. The van der Waals surface area contributed by atoms with E-state index in [2.05, 4.69) is 11.9 Å². The van der Waals surface area contributed by atoms with Gasteiger partial charge in [-0.15, -0.1) is 0 Å². The van der Waals surface area contributed by atoms with Crippen LogP contribution < -0.4 is 5.32 Å². The molecule has 1 heterocycles. The van der Waals surface area contributed by atoms with E-state index in [1.165, 1.54) is 0 Å². The second-order valence-corrected chi connectivity index (χ2v) is 2.98. The van der Waals surface area contributed by atoms with Crippen molar-refractivity contribution in [3.63, 3.8) is 0 Å². The van der Waals surface area contributed by atoms with Gasteiger partial charge in [-0.3, -0.25) is 4.79 Å². The smallest absolute Gasteiger partial charge is 0.233 e. The monoisotopic (exact) mass is 137 g/mol. The Labute approximate surface area is 60.6 Å². The van der Waals surface area contributed by atoms with Gasteiger partial charge in [-0.05, 0) is 26.0 Å². The first kappa shape index (κ1) is 7.06. The lowest BCUT2D eigenvalue weighted by atomic mass is 9.95. The fraction of sp³-hybridized carbons (Fsp3) is 0.375. The molecule has 0 saturated heterocycles. The molecule has 0 fully saturated rings. The van der Waals surface area contributed by atoms with Crippen LogP contribution in [0, 0.1) is 5.41 Å². The van der Waals surface area contributed by atoms with E-state index in [1.807, 2.05) is 19.9 Å². The van der Waals surface area contributed by atoms with E-state index in [0.717, 1.165) is 5.70 Å². The molecule has 54 valence electrons. The minimum Gasteiger partial charge on any atom is -0.326 e. The normalized spacial score (nSPS) is 21.8. The minimum absolute atomic E-state index is 0.0439. The van der Waals surface area contributed by atoms with Gasteiger partial charge in [0.25, 0.3) is 0 Å². The zero-order chi connectivity index (χ0) is 7.78. The lowest BCUT2D eigenvalue weighted by Gasteiger charge is -2.09. The first-order valence-corrected chi connectivity index (χ1v) is 3.23. The molecule has 0 aromatic carbocycles. The summed E-state index contributed by atoms with van der Waals surface area (Å²) >= 11 is 0. The van der Waals surface area contributed by atoms with Gasteiger partial charge in [0.1, 0.15) is 0 Å². The fourth-order valence-corrected chi connectivity index (χ4v) is 0.893. The van der Waals surface area contributed by atoms with Crippen molar-refractivity contribution in [2.45, 2.75) is 13.8 Å². The van der Waals surface area contributed by atoms with Gasteiger partial charge < -0.3 is 5.32 Å². The Bertz CT molecular complexity index is 213. The summed E-state index contributed by atoms with van der Waals surface area (Å²) < 4.78 is 0. The van der Waals surface area contributed by atoms with E-state index < -0.39 is 0 Å². The highest BCUT2D eigenvalue weighted by atomic mass is 16.2. The minimum atomic E-state index is -0.358. The number of nitrogens with one attached hydrogen (secondary N) is 1. The largest absolute Gasteiger partial charge is 0.326 e. The Morgan fingerprint density at radius 1 is 1.70 bits per heavy atom. The van der Waals surface area contributed by atoms with Crippen molar-refractivity contribution in [3.8, 4) is 0 Å². The molecule has 1 aliphatic heterocycles. The third-order valence-electron chi connectivity index (χ3n) is 1.58. The molecular formula is C8H11NO. The maximum Gasteiger partial charge on any atom is 0.233 e. The van der Waals surface area contributed by atoms with E-state index in [0.29, 0.717) is 0 Å². The molecule has 0 saturated carbocycles. The van der Waals surface area contributed by atoms with Crippen molar-refractivity contribution in [1.82, 2.24) is 5.32 Å². The van der Waals surface area contributed by atoms with Gasteiger partial charge in [0, 0.05) is 5.70 Å². The van der Waals surface area contributed by atoms with Gasteiger partial charge in [0.2, 0.25) is 5.91 Å². The second kappa shape index (κ2) is 1.97. The van der Waals surface area contributed by atoms with Crippen molar-refractivity contribution in [2.75, 3.05) is 0 Å². The molecular weight excluding hydrogens is 126 g/mol. The Morgan fingerprint density at radius 2 is 2.30 bits per heavy atom. The van der Waals surface area contributed by atoms with E-state index in [9.17, 15) is 4.79 Å². The van der Waals surface area contributed by atoms with Crippen LogP contribution in [0.3, 0.4) is 0 Å². The van der Waals surface area contributed by atoms with Crippen LogP contribution in [0.1, 0.15) is 13.8 Å². The maximum atomic E-state index is 11.1. The number of allylic oxidation sites excluding steroid dienone is 1. The highest BCUT2D eigenvalue weighted by molar-refractivity contribution is 5.89. The molecule has 1 aliphatic rings. The lowest BCUT2D eigenvalue weighted by molar-refractivity contribution is -0.125. The molecule has 0 atom stereocenters. The zero-order valence-corrected chi connectivity index (χ0v) is 6.27. The summed E-state index contributed by atoms with van der Waals surface area (Å²) in [6.07, 6.45) is 3.52. The van der Waals surface area contributed by atoms with Crippen LogP contribution in [0.5, 0.6) is 0 Å². The molecule has 0 aromatic rings. The molecule has 0 bridgehead atoms. The average Bonchev–Trinajstić information content (AvgIpc) is 2.08. The van der Waals surface area contributed by atoms with Gasteiger partial charge in [-0.25, -0.2) is 0 Å². The molecule has 1 N–H and O–H groups in total. The summed E-state index contributed by atoms with van der Waals surface area (Å²) in [6.45, 7) is 7.31. The van der Waals surface area contributed by atoms with Crippen molar-refractivity contribution in [3.05, 3.63) is 24.4 Å². The molecule has 0 unspecified atom stereocenters. The quantitative estimate of drug-likeness (QED) is 0.578. The van der Waals surface area contributed by atoms with E-state index in [-0.39, 0.29) is 11.3 Å². The Kier molecular flexibility index (Phi) is 1.39. The number of rotatable bonds is 1. The summed E-state index contributed by atoms with van der Waals surface area (Å²) in [5, 5.41) is 2.70. The van der Waals surface area contributed by atoms with Crippen molar-refractivity contribution in [2.24, 2.45) is 5.41 Å². The molecule has 0 aliphatic carbocycles. The maximum absolute atomic E-state index is 11.1. The standard InChI is InChI=1S/C8H11NO/c1-4-6-5-8(2,3)7(10)9-6/h4-5H,1H2,2-3H3,(H,9,10). The van der Waals surface area contributed by atoms with Crippen molar-refractivity contribution >= 4 is 5.91 Å². The molecule has 0 radical (unpaired) electrons. The van der Waals surface area contributed by atoms with Crippen molar-refractivity contribution < 1.29 is 4.79 Å². The van der Waals surface area contributed by atoms with Gasteiger partial charge in [-0.2, -0.15) is 0 Å². The van der Waals surface area contributed by atoms with Crippen LogP contribution >= 0.6 is 0 Å². The first-order valence-electron chi connectivity index (χ1n) is 3.23. The average molecular weight is 137 g/mol. The molecule has 2 heteroatoms. The highest BCUT2D eigenvalue weighted by Gasteiger charge is 2.30. The van der Waals surface area contributed by atoms with Gasteiger partial charge in [0.15, 0.2) is 0 Å². The van der Waals surface area contributed by atoms with Crippen LogP contribution in [0.25, 0.3) is 0 Å². The van der Waals surface area contributed by atoms with Gasteiger partial charge in [-0.1, -0.05) is 6.58 Å². The topological polar surface area (TPSA) is 29.1 Å². The number of hydrogen-bond donors (Lipinski definition) is 1. The van der Waals surface area contributed by atoms with Crippen LogP contribution in [0.4, 0.5) is 0 Å². The molecule has 10 heavy (non-hydrogen) atoms. The summed E-state index contributed by atoms with van der Waals surface area (Å²) in [5.74, 6) is 0.0439. The number of carbonyl (C=O) groups is 1. The lowest BCUT2D eigenvalue weighted by Crippen LogP contribution is -2.26. The molecule has 1 rings (SSSR count). The molecule has 0 aromatic heterocycles. The van der Waals surface area contributed by atoms with Gasteiger partial charge in [0.05, 0.1) is 5.41 Å². The second-order valence-electron chi connectivity index (χ2n) is 2.98. The highest BCUT2D eigenvalue weighted by Crippen LogP contribution is 2.24. The SMILES string of the molecule is C=CC1=CC(C)(C)C(=O)N1. The molecule has 0 spiro atoms. The Hall–Kier alpha value is -1.05. The Morgan fingerprint density at radius 3 is 2.50 bits per heavy atom. The van der Waals surface area contributed by atoms with Crippen molar-refractivity contribution in [1.29, 1.82) is 0 Å². The van der Waals surface area contributed by atoms with Crippen LogP contribution in [-0.4, -0.2) is 5.91 Å². The summed E-state index contributed by atoms with van der Waals surface area (Å²) in [6, 6.07) is 0. The van der Waals surface area contributed by atoms with Crippen LogP contribution in [0.15, 0.2) is 24.4 Å². The van der Waals surface area contributed by atoms with E-state index in [4.69, 9.17) is 0 Å². The first-order chi connectivity index (χ1) is 4.56. The van der Waals surface area contributed by atoms with Gasteiger partial charge >= 0.3 is 0 Å². The summed E-state index contributed by atoms with van der Waals surface area (Å²) in [7, 11) is 0. The number of amides is 1. The third kappa shape index (κ3) is 0.967. The summed E-state index contributed by atoms with van der Waals surface area (Å²) in [5.41, 5.74) is 0.457. The van der Waals surface area contributed by atoms with Crippen LogP contribution in [-0.2, 0) is 4.79 Å². The van der Waals surface area contributed by atoms with Crippen LogP contribution in [0.2, 0.25) is 0 Å². The zero-order valence-electron chi connectivity index (χ0n) is 6.27. The van der Waals surface area contributed by atoms with E-state index in [1.54, 1.807) is 6.08 Å². The Balaban J connectivity index is 2.91. The molecule has 2 nitrogen and oxygen atoms in total. The fourth-order valence-electron chi connectivity index (χ4n) is 0.893. The van der Waals surface area contributed by atoms with E-state index >= 15 is 0 Å². The number of hydrogen-bond acceptors (Lipinski definition) is 1. The third-order valence-corrected chi connectivity index (χ3v) is 1.58. The summed E-state index contributed by atoms with van der Waals surface area (Å²) in [4.78, 5) is 11.1. The predicted octanol–water partition coefficient (Wildman–Crippen LogP) is 1.21.